The number of oxazole rings is 1. The smallest absolute Gasteiger partial charge is 0.213 e. The van der Waals surface area contributed by atoms with Gasteiger partial charge in [0.05, 0.1) is 31.7 Å². The molecule has 0 radical (unpaired) electrons. The van der Waals surface area contributed by atoms with Crippen LogP contribution in [0.2, 0.25) is 0 Å². The number of hydrogen-bond donors (Lipinski definition) is 0. The van der Waals surface area contributed by atoms with Gasteiger partial charge in [0.2, 0.25) is 19.2 Å². The van der Waals surface area contributed by atoms with Crippen LogP contribution in [0.3, 0.4) is 0 Å². The Kier molecular flexibility index (Phi) is 45.4. The number of aliphatic imine (C=N–C) groups is 4. The first kappa shape index (κ1) is 56.3. The minimum atomic E-state index is 0. The van der Waals surface area contributed by atoms with Crippen molar-refractivity contribution in [2.45, 2.75) is 13.8 Å². The average Bonchev–Trinajstić information content (AvgIpc) is 4.28. The van der Waals surface area contributed by atoms with E-state index in [4.69, 9.17) is 0 Å². The Hall–Kier alpha value is -9.74. The van der Waals surface area contributed by atoms with Crippen molar-refractivity contribution in [1.29, 1.82) is 0 Å². The summed E-state index contributed by atoms with van der Waals surface area (Å²) >= 11 is 0. The molecule has 12 heterocycles. The standard InChI is InChI=1S/C5H5N.3C4H4N2.2C4H5N.C3H3N3.C3H4N2.2C3H3NO.2C2H2N2O.CH4/c1-2-4-6-5-3-1;1-2-6-4-3-5-1;1-2-5-4-6-3-1;1-2-4-6-5-3-1;2*1-2-4-5-3-1;1-2-5-6-3-4-1;2*1-2-5-3-4-1;1-2-4-5-3-1;1-3-4-2-5-1;1-3-2-5-4-1;/h1-5H;3*1-4H;1,3-4H,2H2;1-3H,4H2;1-3H;1,3H,2H2;2*1-3H;2*1-2H;1H4. The maximum absolute atomic E-state index is 4.47. The van der Waals surface area contributed by atoms with Crippen LogP contribution in [0.5, 0.6) is 0 Å². The molecule has 9 aromatic heterocycles. The second-order valence-corrected chi connectivity index (χ2v) is 9.76. The molecule has 0 fully saturated rings. The Labute approximate surface area is 380 Å². The van der Waals surface area contributed by atoms with Crippen LogP contribution in [0.15, 0.2) is 249 Å². The summed E-state index contributed by atoms with van der Waals surface area (Å²) in [4.78, 5) is 44.2. The molecule has 0 atom stereocenters. The lowest BCUT2D eigenvalue weighted by molar-refractivity contribution is 0.416. The molecule has 3 aliphatic heterocycles. The third-order valence-corrected chi connectivity index (χ3v) is 5.19. The van der Waals surface area contributed by atoms with E-state index in [0.29, 0.717) is 0 Å². The predicted octanol–water partition coefficient (Wildman–Crippen LogP) is 6.21. The van der Waals surface area contributed by atoms with Gasteiger partial charge in [-0.1, -0.05) is 36.0 Å². The van der Waals surface area contributed by atoms with Crippen LogP contribution in [0.4, 0.5) is 0 Å². The first-order valence-electron chi connectivity index (χ1n) is 18.4. The van der Waals surface area contributed by atoms with Gasteiger partial charge in [0.15, 0.2) is 12.7 Å². The Morgan fingerprint density at radius 2 is 1.08 bits per heavy atom. The van der Waals surface area contributed by atoms with Crippen molar-refractivity contribution in [2.75, 3.05) is 13.1 Å². The summed E-state index contributed by atoms with van der Waals surface area (Å²) in [5, 5.41) is 27.2. The van der Waals surface area contributed by atoms with Gasteiger partial charge in [-0.2, -0.15) is 15.3 Å². The van der Waals surface area contributed by atoms with Crippen molar-refractivity contribution in [1.82, 2.24) is 80.8 Å². The van der Waals surface area contributed by atoms with E-state index in [2.05, 4.69) is 119 Å². The Morgan fingerprint density at radius 1 is 0.379 bits per heavy atom. The van der Waals surface area contributed by atoms with Crippen molar-refractivity contribution in [2.24, 2.45) is 20.0 Å². The highest BCUT2D eigenvalue weighted by atomic mass is 16.5. The molecule has 0 amide bonds. The van der Waals surface area contributed by atoms with Gasteiger partial charge in [0, 0.05) is 99.4 Å². The van der Waals surface area contributed by atoms with E-state index in [1.54, 1.807) is 118 Å². The zero-order valence-electron chi connectivity index (χ0n) is 34.6. The minimum absolute atomic E-state index is 0. The zero-order chi connectivity index (χ0) is 46.0. The van der Waals surface area contributed by atoms with E-state index in [0.717, 1.165) is 19.5 Å². The molecule has 9 aromatic rings. The average molecular weight is 897 g/mol. The molecule has 0 aromatic carbocycles. The number of allylic oxidation sites excluding steroid dienone is 2. The molecule has 0 aliphatic carbocycles. The highest BCUT2D eigenvalue weighted by molar-refractivity contribution is 5.79. The van der Waals surface area contributed by atoms with E-state index < -0.39 is 0 Å². The van der Waals surface area contributed by atoms with Gasteiger partial charge in [-0.25, -0.2) is 29.9 Å². The summed E-state index contributed by atoms with van der Waals surface area (Å²) < 4.78 is 17.4. The quantitative estimate of drug-likeness (QED) is 0.163. The molecule has 0 saturated carbocycles. The largest absolute Gasteiger partial charge is 0.452 e. The van der Waals surface area contributed by atoms with Crippen LogP contribution in [-0.2, 0) is 0 Å². The van der Waals surface area contributed by atoms with Crippen molar-refractivity contribution in [3.05, 3.63) is 211 Å². The summed E-state index contributed by atoms with van der Waals surface area (Å²) in [7, 11) is 0. The van der Waals surface area contributed by atoms with Crippen LogP contribution in [0.1, 0.15) is 13.8 Å². The first-order valence-corrected chi connectivity index (χ1v) is 18.4. The Balaban J connectivity index is 0.000000698. The molecular weight excluding hydrogens is 849 g/mol. The Bertz CT molecular complexity index is 1670. The molecule has 0 saturated heterocycles. The normalized spacial score (nSPS) is 10.1. The number of hydrogen-bond acceptors (Lipinski definition) is 24. The number of aromatic nitrogens is 16. The highest BCUT2D eigenvalue weighted by Gasteiger charge is 1.74. The van der Waals surface area contributed by atoms with E-state index >= 15 is 0 Å². The molecule has 0 unspecified atom stereocenters. The fraction of sp³-hybridized carbons (Fsp3) is 0.0952. The maximum atomic E-state index is 4.47. The van der Waals surface area contributed by atoms with Crippen molar-refractivity contribution in [3.63, 3.8) is 0 Å². The van der Waals surface area contributed by atoms with Crippen LogP contribution in [0.25, 0.3) is 0 Å². The molecule has 24 nitrogen and oxygen atoms in total. The molecule has 66 heavy (non-hydrogen) atoms. The number of rotatable bonds is 0. The highest BCUT2D eigenvalue weighted by Crippen LogP contribution is 1.86. The van der Waals surface area contributed by atoms with Gasteiger partial charge < -0.3 is 17.9 Å². The van der Waals surface area contributed by atoms with E-state index in [9.17, 15) is 0 Å². The molecule has 0 bridgehead atoms. The third kappa shape index (κ3) is 50.4. The Morgan fingerprint density at radius 3 is 1.26 bits per heavy atom. The molecule has 24 heteroatoms. The minimum Gasteiger partial charge on any atom is -0.452 e. The van der Waals surface area contributed by atoms with Crippen molar-refractivity contribution in [3.8, 4) is 0 Å². The lowest BCUT2D eigenvalue weighted by Gasteiger charge is -1.70. The second kappa shape index (κ2) is 53.3. The molecule has 3 aliphatic rings. The van der Waals surface area contributed by atoms with Gasteiger partial charge in [0.25, 0.3) is 0 Å². The summed E-state index contributed by atoms with van der Waals surface area (Å²) in [5.41, 5.74) is 0. The fourth-order valence-corrected chi connectivity index (χ4v) is 2.75. The summed E-state index contributed by atoms with van der Waals surface area (Å²) in [6.07, 6.45) is 51.2. The summed E-state index contributed by atoms with van der Waals surface area (Å²) in [6, 6.07) is 12.9. The lowest BCUT2D eigenvalue weighted by atomic mass is 10.5. The monoisotopic (exact) mass is 896 g/mol. The molecular formula is C42H48N20O4. The van der Waals surface area contributed by atoms with Gasteiger partial charge in [0.1, 0.15) is 31.5 Å². The van der Waals surface area contributed by atoms with Gasteiger partial charge in [-0.3, -0.25) is 29.9 Å². The van der Waals surface area contributed by atoms with Gasteiger partial charge >= 0.3 is 0 Å². The molecule has 12 rings (SSSR count). The molecule has 0 N–H and O–H groups in total. The van der Waals surface area contributed by atoms with Crippen LogP contribution in [0, 0.1) is 0 Å². The first-order chi connectivity index (χ1) is 32.5. The molecule has 0 spiro atoms. The third-order valence-electron chi connectivity index (χ3n) is 5.19. The predicted molar refractivity (Wildman–Crippen MR) is 245 cm³/mol. The van der Waals surface area contributed by atoms with Crippen LogP contribution < -0.4 is 0 Å². The maximum Gasteiger partial charge on any atom is 0.213 e. The number of nitrogens with zero attached hydrogens (tertiary/aromatic N) is 20. The lowest BCUT2D eigenvalue weighted by Crippen LogP contribution is -1.75. The van der Waals surface area contributed by atoms with Gasteiger partial charge in [-0.15, -0.1) is 15.3 Å². The summed E-state index contributed by atoms with van der Waals surface area (Å²) in [6.45, 7) is 1.67. The zero-order valence-corrected chi connectivity index (χ0v) is 34.6. The second-order valence-electron chi connectivity index (χ2n) is 9.76. The van der Waals surface area contributed by atoms with Gasteiger partial charge in [-0.05, 0) is 42.5 Å². The van der Waals surface area contributed by atoms with Crippen molar-refractivity contribution < 1.29 is 17.9 Å². The molecule has 340 valence electrons. The topological polar surface area (TPSA) is 308 Å². The fourth-order valence-electron chi connectivity index (χ4n) is 2.75. The number of pyridine rings is 1. The SMILES string of the molecule is C.C1=CCN=C1.C1=CN=CC1.C1=NC=NC1.c1ccncc1.c1ccnnc1.c1cnccn1.c1cncnc1.c1cnncn1.c1cnoc1.c1cocn1.c1ncon1.c1nnco1. The van der Waals surface area contributed by atoms with E-state index in [1.165, 1.54) is 63.3 Å². The van der Waals surface area contributed by atoms with Crippen molar-refractivity contribution >= 4 is 25.0 Å². The van der Waals surface area contributed by atoms with E-state index in [-0.39, 0.29) is 7.43 Å². The van der Waals surface area contributed by atoms with Crippen LogP contribution >= 0.6 is 0 Å². The summed E-state index contributed by atoms with van der Waals surface area (Å²) in [5.74, 6) is 0. The van der Waals surface area contributed by atoms with E-state index in [1.807, 2.05) is 54.8 Å². The van der Waals surface area contributed by atoms with Crippen LogP contribution in [-0.4, -0.2) is 119 Å².